The van der Waals surface area contributed by atoms with Gasteiger partial charge in [0.25, 0.3) is 0 Å². The Morgan fingerprint density at radius 3 is 2.75 bits per heavy atom. The van der Waals surface area contributed by atoms with Crippen LogP contribution < -0.4 is 0 Å². The van der Waals surface area contributed by atoms with Crippen molar-refractivity contribution in [2.75, 3.05) is 6.54 Å². The van der Waals surface area contributed by atoms with Crippen molar-refractivity contribution < 1.29 is 0 Å². The zero-order valence-electron chi connectivity index (χ0n) is 11.3. The van der Waals surface area contributed by atoms with Gasteiger partial charge in [-0.1, -0.05) is 32.4 Å². The number of likely N-dealkylation sites (tertiary alicyclic amines) is 1. The second kappa shape index (κ2) is 4.91. The van der Waals surface area contributed by atoms with Crippen molar-refractivity contribution >= 4 is 0 Å². The van der Waals surface area contributed by atoms with Crippen LogP contribution in [0, 0.1) is 17.8 Å². The zero-order valence-corrected chi connectivity index (χ0v) is 11.3. The van der Waals surface area contributed by atoms with Gasteiger partial charge in [-0.05, 0) is 44.4 Å². The van der Waals surface area contributed by atoms with E-state index in [4.69, 9.17) is 0 Å². The van der Waals surface area contributed by atoms with Gasteiger partial charge in [0.2, 0.25) is 0 Å². The third kappa shape index (κ3) is 2.07. The second-order valence-electron chi connectivity index (χ2n) is 5.98. The average molecular weight is 221 g/mol. The smallest absolute Gasteiger partial charge is 0.0312 e. The molecule has 1 heterocycles. The summed E-state index contributed by atoms with van der Waals surface area (Å²) in [6.07, 6.45) is 8.93. The van der Waals surface area contributed by atoms with E-state index in [1.165, 1.54) is 25.8 Å². The fourth-order valence-electron chi connectivity index (χ4n) is 3.73. The van der Waals surface area contributed by atoms with Crippen LogP contribution in [0.4, 0.5) is 0 Å². The minimum absolute atomic E-state index is 0.691. The Labute approximate surface area is 101 Å². The van der Waals surface area contributed by atoms with E-state index in [9.17, 15) is 0 Å². The fourth-order valence-corrected chi connectivity index (χ4v) is 3.73. The minimum atomic E-state index is 0.691. The van der Waals surface area contributed by atoms with Gasteiger partial charge in [-0.25, -0.2) is 0 Å². The van der Waals surface area contributed by atoms with E-state index in [-0.39, 0.29) is 0 Å². The molecule has 1 aliphatic heterocycles. The molecule has 2 aliphatic rings. The van der Waals surface area contributed by atoms with Crippen LogP contribution in [-0.2, 0) is 0 Å². The third-order valence-electron chi connectivity index (χ3n) is 4.87. The van der Waals surface area contributed by atoms with Crippen LogP contribution in [0.2, 0.25) is 0 Å². The van der Waals surface area contributed by atoms with Gasteiger partial charge in [0.05, 0.1) is 0 Å². The van der Waals surface area contributed by atoms with Crippen molar-refractivity contribution in [3.63, 3.8) is 0 Å². The molecule has 4 atom stereocenters. The van der Waals surface area contributed by atoms with Gasteiger partial charge < -0.3 is 0 Å². The molecule has 2 unspecified atom stereocenters. The highest BCUT2D eigenvalue weighted by Crippen LogP contribution is 2.40. The molecule has 0 amide bonds. The van der Waals surface area contributed by atoms with E-state index in [0.29, 0.717) is 6.04 Å². The van der Waals surface area contributed by atoms with Crippen molar-refractivity contribution in [2.45, 2.75) is 59.0 Å². The lowest BCUT2D eigenvalue weighted by atomic mass is 9.69. The molecule has 0 radical (unpaired) electrons. The average Bonchev–Trinajstić information content (AvgIpc) is 2.29. The lowest BCUT2D eigenvalue weighted by Crippen LogP contribution is -2.54. The van der Waals surface area contributed by atoms with Crippen LogP contribution in [0.1, 0.15) is 47.0 Å². The maximum absolute atomic E-state index is 2.73. The molecule has 1 heteroatoms. The van der Waals surface area contributed by atoms with Gasteiger partial charge in [0.15, 0.2) is 0 Å². The van der Waals surface area contributed by atoms with Gasteiger partial charge in [-0.2, -0.15) is 0 Å². The van der Waals surface area contributed by atoms with Crippen molar-refractivity contribution in [1.82, 2.24) is 4.90 Å². The molecule has 2 rings (SSSR count). The van der Waals surface area contributed by atoms with Crippen LogP contribution in [-0.4, -0.2) is 23.5 Å². The molecule has 16 heavy (non-hydrogen) atoms. The molecule has 0 aromatic carbocycles. The molecule has 0 aromatic heterocycles. The number of hydrogen-bond donors (Lipinski definition) is 0. The predicted octanol–water partition coefficient (Wildman–Crippen LogP) is 3.71. The maximum Gasteiger partial charge on any atom is 0.0312 e. The van der Waals surface area contributed by atoms with E-state index < -0.39 is 0 Å². The topological polar surface area (TPSA) is 3.24 Å². The van der Waals surface area contributed by atoms with E-state index in [2.05, 4.69) is 44.7 Å². The first-order chi connectivity index (χ1) is 7.65. The molecule has 1 aliphatic carbocycles. The molecule has 0 bridgehead atoms. The van der Waals surface area contributed by atoms with Crippen molar-refractivity contribution in [2.24, 2.45) is 17.8 Å². The summed E-state index contributed by atoms with van der Waals surface area (Å²) in [5, 5.41) is 0. The van der Waals surface area contributed by atoms with Gasteiger partial charge in [0, 0.05) is 18.6 Å². The Balaban J connectivity index is 2.20. The Hall–Kier alpha value is -0.300. The van der Waals surface area contributed by atoms with Crippen molar-refractivity contribution in [3.8, 4) is 0 Å². The van der Waals surface area contributed by atoms with Crippen molar-refractivity contribution in [3.05, 3.63) is 12.2 Å². The highest BCUT2D eigenvalue weighted by molar-refractivity contribution is 5.07. The zero-order chi connectivity index (χ0) is 11.7. The molecule has 92 valence electrons. The van der Waals surface area contributed by atoms with Crippen LogP contribution in [0.5, 0.6) is 0 Å². The summed E-state index contributed by atoms with van der Waals surface area (Å²) in [7, 11) is 0. The largest absolute Gasteiger partial charge is 0.294 e. The molecule has 0 aromatic rings. The number of allylic oxidation sites excluding steroid dienone is 1. The number of piperidine rings is 1. The highest BCUT2D eigenvalue weighted by Gasteiger charge is 2.40. The summed E-state index contributed by atoms with van der Waals surface area (Å²) in [6, 6.07) is 1.42. The van der Waals surface area contributed by atoms with Gasteiger partial charge in [0.1, 0.15) is 0 Å². The monoisotopic (exact) mass is 221 g/mol. The lowest BCUT2D eigenvalue weighted by molar-refractivity contribution is 0.00518. The summed E-state index contributed by atoms with van der Waals surface area (Å²) >= 11 is 0. The predicted molar refractivity (Wildman–Crippen MR) is 70.4 cm³/mol. The third-order valence-corrected chi connectivity index (χ3v) is 4.87. The molecule has 0 saturated carbocycles. The first-order valence-corrected chi connectivity index (χ1v) is 7.07. The normalized spacial score (nSPS) is 40.1. The molecule has 1 saturated heterocycles. The van der Waals surface area contributed by atoms with Crippen LogP contribution in [0.3, 0.4) is 0 Å². The summed E-state index contributed by atoms with van der Waals surface area (Å²) in [5.41, 5.74) is 0. The number of fused-ring (bicyclic) bond motifs is 1. The summed E-state index contributed by atoms with van der Waals surface area (Å²) in [4.78, 5) is 2.73. The Bertz CT molecular complexity index is 256. The fraction of sp³-hybridized carbons (Fsp3) is 0.867. The van der Waals surface area contributed by atoms with E-state index in [0.717, 1.165) is 23.8 Å². The Morgan fingerprint density at radius 1 is 1.38 bits per heavy atom. The van der Waals surface area contributed by atoms with Crippen LogP contribution >= 0.6 is 0 Å². The molecule has 1 nitrogen and oxygen atoms in total. The number of rotatable bonds is 2. The quantitative estimate of drug-likeness (QED) is 0.643. The first kappa shape index (κ1) is 12.2. The molecular weight excluding hydrogens is 194 g/mol. The van der Waals surface area contributed by atoms with Crippen molar-refractivity contribution in [1.29, 1.82) is 0 Å². The first-order valence-electron chi connectivity index (χ1n) is 7.07. The highest BCUT2D eigenvalue weighted by atomic mass is 15.2. The SMILES string of the molecule is CCC1CN(C(C)C)[C@H]2C=CCCC2[C@H]1C. The van der Waals surface area contributed by atoms with E-state index in [1.807, 2.05) is 0 Å². The molecule has 1 fully saturated rings. The molecular formula is C15H27N. The number of nitrogens with zero attached hydrogens (tertiary/aromatic N) is 1. The Morgan fingerprint density at radius 2 is 2.12 bits per heavy atom. The molecule has 0 spiro atoms. The summed E-state index contributed by atoms with van der Waals surface area (Å²) in [6.45, 7) is 10.9. The number of hydrogen-bond acceptors (Lipinski definition) is 1. The summed E-state index contributed by atoms with van der Waals surface area (Å²) < 4.78 is 0. The summed E-state index contributed by atoms with van der Waals surface area (Å²) in [5.74, 6) is 2.73. The maximum atomic E-state index is 2.73. The van der Waals surface area contributed by atoms with Gasteiger partial charge in [-0.3, -0.25) is 4.90 Å². The molecule has 0 N–H and O–H groups in total. The van der Waals surface area contributed by atoms with Gasteiger partial charge in [-0.15, -0.1) is 0 Å². The van der Waals surface area contributed by atoms with E-state index >= 15 is 0 Å². The van der Waals surface area contributed by atoms with Crippen LogP contribution in [0.25, 0.3) is 0 Å². The standard InChI is InChI=1S/C15H27N/c1-5-13-10-16(11(2)3)15-9-7-6-8-14(15)12(13)4/h7,9,11-15H,5-6,8,10H2,1-4H3/t12-,13?,14?,15-/m0/s1. The minimum Gasteiger partial charge on any atom is -0.294 e. The second-order valence-corrected chi connectivity index (χ2v) is 5.98. The van der Waals surface area contributed by atoms with E-state index in [1.54, 1.807) is 0 Å². The Kier molecular flexibility index (Phi) is 3.73. The lowest BCUT2D eigenvalue weighted by Gasteiger charge is -2.50. The van der Waals surface area contributed by atoms with Crippen LogP contribution in [0.15, 0.2) is 12.2 Å². The van der Waals surface area contributed by atoms with Gasteiger partial charge >= 0.3 is 0 Å².